The maximum absolute atomic E-state index is 12.8. The van der Waals surface area contributed by atoms with Crippen molar-refractivity contribution in [2.75, 3.05) is 33.4 Å². The first-order valence-electron chi connectivity index (χ1n) is 7.04. The highest BCUT2D eigenvalue weighted by Crippen LogP contribution is 2.10. The molecular weight excluding hydrogens is 384 g/mol. The van der Waals surface area contributed by atoms with Gasteiger partial charge in [0.05, 0.1) is 6.61 Å². The summed E-state index contributed by atoms with van der Waals surface area (Å²) in [7, 11) is 1.76. The maximum Gasteiger partial charge on any atom is 0.190 e. The van der Waals surface area contributed by atoms with Gasteiger partial charge in [0.25, 0.3) is 0 Å². The molecule has 1 unspecified atom stereocenters. The van der Waals surface area contributed by atoms with Crippen molar-refractivity contribution in [1.29, 1.82) is 0 Å². The zero-order chi connectivity index (χ0) is 14.2. The Morgan fingerprint density at radius 1 is 1.33 bits per heavy atom. The van der Waals surface area contributed by atoms with Crippen LogP contribution in [0, 0.1) is 11.7 Å². The molecule has 1 atom stereocenters. The van der Waals surface area contributed by atoms with Gasteiger partial charge in [0.2, 0.25) is 0 Å². The molecule has 1 fully saturated rings. The van der Waals surface area contributed by atoms with Gasteiger partial charge in [0.1, 0.15) is 5.82 Å². The molecule has 0 bridgehead atoms. The zero-order valence-corrected chi connectivity index (χ0v) is 14.6. The van der Waals surface area contributed by atoms with Crippen LogP contribution in [0.1, 0.15) is 12.0 Å². The van der Waals surface area contributed by atoms with Crippen LogP contribution in [0.5, 0.6) is 0 Å². The van der Waals surface area contributed by atoms with Crippen LogP contribution >= 0.6 is 24.0 Å². The Kier molecular flexibility index (Phi) is 8.60. The Hall–Kier alpha value is -0.890. The summed E-state index contributed by atoms with van der Waals surface area (Å²) in [6.45, 7) is 3.35. The second kappa shape index (κ2) is 9.94. The molecule has 6 heteroatoms. The van der Waals surface area contributed by atoms with Gasteiger partial charge in [-0.2, -0.15) is 0 Å². The molecule has 1 aromatic carbocycles. The van der Waals surface area contributed by atoms with Crippen LogP contribution < -0.4 is 10.6 Å². The molecule has 2 N–H and O–H groups in total. The third kappa shape index (κ3) is 6.60. The fraction of sp³-hybridized carbons (Fsp3) is 0.533. The van der Waals surface area contributed by atoms with E-state index in [1.54, 1.807) is 7.05 Å². The normalized spacial score (nSPS) is 18.2. The van der Waals surface area contributed by atoms with Gasteiger partial charge in [-0.25, -0.2) is 4.39 Å². The molecule has 4 nitrogen and oxygen atoms in total. The van der Waals surface area contributed by atoms with E-state index < -0.39 is 0 Å². The van der Waals surface area contributed by atoms with E-state index in [-0.39, 0.29) is 29.8 Å². The number of aliphatic imine (C=N–C) groups is 1. The number of hydrogen-bond donors (Lipinski definition) is 2. The number of rotatable bonds is 5. The number of ether oxygens (including phenoxy) is 1. The lowest BCUT2D eigenvalue weighted by atomic mass is 10.1. The Balaban J connectivity index is 0.00000220. The van der Waals surface area contributed by atoms with Gasteiger partial charge in [-0.15, -0.1) is 24.0 Å². The van der Waals surface area contributed by atoms with Gasteiger partial charge in [-0.3, -0.25) is 4.99 Å². The van der Waals surface area contributed by atoms with Crippen molar-refractivity contribution in [3.8, 4) is 0 Å². The lowest BCUT2D eigenvalue weighted by Crippen LogP contribution is -2.40. The number of hydrogen-bond acceptors (Lipinski definition) is 2. The number of benzene rings is 1. The van der Waals surface area contributed by atoms with Crippen molar-refractivity contribution in [3.63, 3.8) is 0 Å². The summed E-state index contributed by atoms with van der Waals surface area (Å²) in [6, 6.07) is 6.59. The Labute approximate surface area is 142 Å². The number of nitrogens with one attached hydrogen (secondary N) is 2. The summed E-state index contributed by atoms with van der Waals surface area (Å²) >= 11 is 0. The maximum atomic E-state index is 12.8. The fourth-order valence-corrected chi connectivity index (χ4v) is 2.18. The third-order valence-corrected chi connectivity index (χ3v) is 3.43. The summed E-state index contributed by atoms with van der Waals surface area (Å²) in [6.07, 6.45) is 1.95. The van der Waals surface area contributed by atoms with Gasteiger partial charge < -0.3 is 15.4 Å². The lowest BCUT2D eigenvalue weighted by Gasteiger charge is -2.14. The molecule has 0 aliphatic carbocycles. The van der Waals surface area contributed by atoms with E-state index in [0.29, 0.717) is 5.92 Å². The molecule has 1 aromatic rings. The topological polar surface area (TPSA) is 45.7 Å². The average molecular weight is 407 g/mol. The van der Waals surface area contributed by atoms with Gasteiger partial charge in [-0.1, -0.05) is 12.1 Å². The van der Waals surface area contributed by atoms with Crippen LogP contribution in [-0.4, -0.2) is 39.3 Å². The Morgan fingerprint density at radius 3 is 2.71 bits per heavy atom. The van der Waals surface area contributed by atoms with E-state index in [9.17, 15) is 4.39 Å². The Morgan fingerprint density at radius 2 is 2.10 bits per heavy atom. The number of nitrogens with zero attached hydrogens (tertiary/aromatic N) is 1. The van der Waals surface area contributed by atoms with E-state index in [1.807, 2.05) is 12.1 Å². The molecule has 0 spiro atoms. The largest absolute Gasteiger partial charge is 0.381 e. The minimum absolute atomic E-state index is 0. The van der Waals surface area contributed by atoms with Gasteiger partial charge in [0, 0.05) is 32.7 Å². The molecule has 118 valence electrons. The van der Waals surface area contributed by atoms with Gasteiger partial charge in [0.15, 0.2) is 5.96 Å². The smallest absolute Gasteiger partial charge is 0.190 e. The van der Waals surface area contributed by atoms with E-state index in [1.165, 1.54) is 12.1 Å². The monoisotopic (exact) mass is 407 g/mol. The highest BCUT2D eigenvalue weighted by atomic mass is 127. The minimum atomic E-state index is -0.196. The number of guanidine groups is 1. The van der Waals surface area contributed by atoms with E-state index in [4.69, 9.17) is 4.74 Å². The fourth-order valence-electron chi connectivity index (χ4n) is 2.18. The van der Waals surface area contributed by atoms with Crippen molar-refractivity contribution in [3.05, 3.63) is 35.6 Å². The summed E-state index contributed by atoms with van der Waals surface area (Å²) in [4.78, 5) is 4.19. The molecule has 21 heavy (non-hydrogen) atoms. The van der Waals surface area contributed by atoms with Crippen LogP contribution in [0.3, 0.4) is 0 Å². The van der Waals surface area contributed by atoms with Crippen LogP contribution in [0.4, 0.5) is 4.39 Å². The third-order valence-electron chi connectivity index (χ3n) is 3.43. The van der Waals surface area contributed by atoms with Crippen LogP contribution in [0.2, 0.25) is 0 Å². The van der Waals surface area contributed by atoms with Crippen molar-refractivity contribution in [2.45, 2.75) is 12.8 Å². The molecule has 1 aliphatic heterocycles. The summed E-state index contributed by atoms with van der Waals surface area (Å²) < 4.78 is 18.1. The molecule has 0 saturated carbocycles. The SMILES string of the molecule is CN=C(NCCc1ccc(F)cc1)NCC1CCOC1.I. The second-order valence-corrected chi connectivity index (χ2v) is 4.99. The van der Waals surface area contributed by atoms with E-state index in [2.05, 4.69) is 15.6 Å². The molecular formula is C15H23FIN3O. The van der Waals surface area contributed by atoms with Crippen molar-refractivity contribution in [1.82, 2.24) is 10.6 Å². The van der Waals surface area contributed by atoms with Crippen molar-refractivity contribution < 1.29 is 9.13 Å². The highest BCUT2D eigenvalue weighted by molar-refractivity contribution is 14.0. The van der Waals surface area contributed by atoms with E-state index >= 15 is 0 Å². The second-order valence-electron chi connectivity index (χ2n) is 4.99. The quantitative estimate of drug-likeness (QED) is 0.447. The number of halogens is 2. The summed E-state index contributed by atoms with van der Waals surface area (Å²) in [5.41, 5.74) is 1.11. The first-order valence-corrected chi connectivity index (χ1v) is 7.04. The van der Waals surface area contributed by atoms with Gasteiger partial charge in [-0.05, 0) is 30.5 Å². The van der Waals surface area contributed by atoms with Crippen LogP contribution in [0.15, 0.2) is 29.3 Å². The first kappa shape index (κ1) is 18.2. The molecule has 2 rings (SSSR count). The molecule has 0 aromatic heterocycles. The average Bonchev–Trinajstić information content (AvgIpc) is 2.98. The van der Waals surface area contributed by atoms with E-state index in [0.717, 1.165) is 50.7 Å². The summed E-state index contributed by atoms with van der Waals surface area (Å²) in [5, 5.41) is 6.57. The predicted octanol–water partition coefficient (Wildman–Crippen LogP) is 2.19. The lowest BCUT2D eigenvalue weighted by molar-refractivity contribution is 0.186. The molecule has 0 amide bonds. The van der Waals surface area contributed by atoms with Crippen LogP contribution in [-0.2, 0) is 11.2 Å². The molecule has 1 saturated heterocycles. The Bertz CT molecular complexity index is 433. The first-order chi connectivity index (χ1) is 9.78. The van der Waals surface area contributed by atoms with Crippen molar-refractivity contribution >= 4 is 29.9 Å². The van der Waals surface area contributed by atoms with Gasteiger partial charge >= 0.3 is 0 Å². The zero-order valence-electron chi connectivity index (χ0n) is 12.3. The molecule has 1 aliphatic rings. The summed E-state index contributed by atoms with van der Waals surface area (Å²) in [5.74, 6) is 1.18. The highest BCUT2D eigenvalue weighted by Gasteiger charge is 2.15. The minimum Gasteiger partial charge on any atom is -0.381 e. The molecule has 1 heterocycles. The van der Waals surface area contributed by atoms with Crippen molar-refractivity contribution in [2.24, 2.45) is 10.9 Å². The standard InChI is InChI=1S/C15H22FN3O.HI/c1-17-15(19-10-13-7-9-20-11-13)18-8-6-12-2-4-14(16)5-3-12;/h2-5,13H,6-11H2,1H3,(H2,17,18,19);1H. The molecule has 0 radical (unpaired) electrons. The predicted molar refractivity (Wildman–Crippen MR) is 93.8 cm³/mol. The van der Waals surface area contributed by atoms with Crippen LogP contribution in [0.25, 0.3) is 0 Å².